The van der Waals surface area contributed by atoms with E-state index in [1.165, 1.54) is 12.1 Å². The van der Waals surface area contributed by atoms with Crippen LogP contribution in [0.3, 0.4) is 0 Å². The predicted octanol–water partition coefficient (Wildman–Crippen LogP) is 4.16. The van der Waals surface area contributed by atoms with Crippen LogP contribution in [0.2, 0.25) is 0 Å². The fourth-order valence-corrected chi connectivity index (χ4v) is 2.61. The third-order valence-electron chi connectivity index (χ3n) is 3.78. The van der Waals surface area contributed by atoms with Crippen molar-refractivity contribution in [2.24, 2.45) is 0 Å². The van der Waals surface area contributed by atoms with E-state index >= 15 is 0 Å². The lowest BCUT2D eigenvalue weighted by Gasteiger charge is -2.14. The summed E-state index contributed by atoms with van der Waals surface area (Å²) in [4.78, 5) is 0. The number of benzene rings is 2. The Morgan fingerprint density at radius 1 is 0.917 bits per heavy atom. The predicted molar refractivity (Wildman–Crippen MR) is 84.0 cm³/mol. The fourth-order valence-electron chi connectivity index (χ4n) is 2.61. The molecule has 2 aromatic rings. The lowest BCUT2D eigenvalue weighted by molar-refractivity contribution is -0.138. The number of nitrogens with one attached hydrogen (secondary N) is 1. The number of fused-ring (bicyclic) bond motifs is 1. The number of halogens is 3. The van der Waals surface area contributed by atoms with Gasteiger partial charge in [-0.3, -0.25) is 0 Å². The summed E-state index contributed by atoms with van der Waals surface area (Å²) < 4.78 is 50.1. The van der Waals surface area contributed by atoms with E-state index in [0.29, 0.717) is 31.3 Å². The summed E-state index contributed by atoms with van der Waals surface area (Å²) in [5.74, 6) is 1.39. The van der Waals surface area contributed by atoms with Crippen molar-refractivity contribution in [1.82, 2.24) is 5.32 Å². The zero-order valence-electron chi connectivity index (χ0n) is 13.0. The van der Waals surface area contributed by atoms with E-state index in [1.807, 2.05) is 18.2 Å². The molecule has 0 spiro atoms. The van der Waals surface area contributed by atoms with Gasteiger partial charge in [0, 0.05) is 19.5 Å². The molecule has 6 heteroatoms. The van der Waals surface area contributed by atoms with E-state index in [0.717, 1.165) is 18.1 Å². The minimum atomic E-state index is -4.34. The van der Waals surface area contributed by atoms with Gasteiger partial charge in [0.25, 0.3) is 0 Å². The van der Waals surface area contributed by atoms with Crippen molar-refractivity contribution >= 4 is 0 Å². The largest absolute Gasteiger partial charge is 0.490 e. The van der Waals surface area contributed by atoms with Crippen LogP contribution in [0.5, 0.6) is 11.5 Å². The lowest BCUT2D eigenvalue weighted by atomic mass is 10.1. The molecule has 1 aliphatic rings. The first-order valence-electron chi connectivity index (χ1n) is 7.78. The van der Waals surface area contributed by atoms with Gasteiger partial charge in [0.2, 0.25) is 0 Å². The van der Waals surface area contributed by atoms with Crippen LogP contribution >= 0.6 is 0 Å². The molecule has 24 heavy (non-hydrogen) atoms. The molecule has 0 unspecified atom stereocenters. The summed E-state index contributed by atoms with van der Waals surface area (Å²) in [5, 5.41) is 3.06. The van der Waals surface area contributed by atoms with Gasteiger partial charge in [-0.15, -0.1) is 0 Å². The van der Waals surface area contributed by atoms with Crippen LogP contribution < -0.4 is 14.8 Å². The highest BCUT2D eigenvalue weighted by molar-refractivity contribution is 5.43. The molecular formula is C18H18F3NO2. The smallest absolute Gasteiger partial charge is 0.416 e. The topological polar surface area (TPSA) is 30.5 Å². The molecule has 0 atom stereocenters. The number of alkyl halides is 3. The molecule has 0 amide bonds. The Kier molecular flexibility index (Phi) is 4.94. The van der Waals surface area contributed by atoms with E-state index in [-0.39, 0.29) is 12.1 Å². The Morgan fingerprint density at radius 2 is 1.67 bits per heavy atom. The lowest BCUT2D eigenvalue weighted by Crippen LogP contribution is -2.17. The van der Waals surface area contributed by atoms with Gasteiger partial charge in [0.15, 0.2) is 11.5 Å². The Labute approximate surface area is 138 Å². The second kappa shape index (κ2) is 7.13. The third kappa shape index (κ3) is 4.00. The number of hydrogen-bond acceptors (Lipinski definition) is 3. The minimum absolute atomic E-state index is 0.143. The van der Waals surface area contributed by atoms with E-state index in [4.69, 9.17) is 9.47 Å². The monoisotopic (exact) mass is 337 g/mol. The van der Waals surface area contributed by atoms with Crippen molar-refractivity contribution in [2.45, 2.75) is 25.7 Å². The fraction of sp³-hybridized carbons (Fsp3) is 0.333. The number of ether oxygens (including phenoxy) is 2. The second-order valence-corrected chi connectivity index (χ2v) is 5.59. The molecule has 3 nitrogen and oxygen atoms in total. The summed E-state index contributed by atoms with van der Waals surface area (Å²) in [6, 6.07) is 11.2. The quantitative estimate of drug-likeness (QED) is 0.909. The Balaban J connectivity index is 1.64. The van der Waals surface area contributed by atoms with Crippen molar-refractivity contribution < 1.29 is 22.6 Å². The summed E-state index contributed by atoms with van der Waals surface area (Å²) in [7, 11) is 0. The molecule has 2 aromatic carbocycles. The van der Waals surface area contributed by atoms with Crippen molar-refractivity contribution in [3.05, 3.63) is 59.2 Å². The second-order valence-electron chi connectivity index (χ2n) is 5.59. The van der Waals surface area contributed by atoms with Gasteiger partial charge < -0.3 is 14.8 Å². The van der Waals surface area contributed by atoms with E-state index < -0.39 is 11.7 Å². The average Bonchev–Trinajstić information content (AvgIpc) is 2.79. The maximum Gasteiger partial charge on any atom is 0.416 e. The van der Waals surface area contributed by atoms with Crippen LogP contribution in [0.15, 0.2) is 42.5 Å². The minimum Gasteiger partial charge on any atom is -0.490 e. The van der Waals surface area contributed by atoms with E-state index in [9.17, 15) is 13.2 Å². The summed E-state index contributed by atoms with van der Waals surface area (Å²) >= 11 is 0. The molecule has 0 saturated carbocycles. The van der Waals surface area contributed by atoms with Crippen molar-refractivity contribution in [3.8, 4) is 11.5 Å². The number of hydrogen-bond donors (Lipinski definition) is 1. The first-order chi connectivity index (χ1) is 11.5. The van der Waals surface area contributed by atoms with Gasteiger partial charge >= 0.3 is 6.18 Å². The number of rotatable bonds is 4. The molecule has 0 radical (unpaired) electrons. The molecule has 0 fully saturated rings. The van der Waals surface area contributed by atoms with Gasteiger partial charge in [-0.1, -0.05) is 24.3 Å². The van der Waals surface area contributed by atoms with E-state index in [1.54, 1.807) is 6.07 Å². The summed E-state index contributed by atoms with van der Waals surface area (Å²) in [6.07, 6.45) is -3.51. The normalized spacial score (nSPS) is 14.3. The maximum atomic E-state index is 13.0. The zero-order valence-corrected chi connectivity index (χ0v) is 13.0. The SMILES string of the molecule is FC(F)(F)c1ccccc1CNCc1ccc2c(c1)OCCCO2. The van der Waals surface area contributed by atoms with Crippen LogP contribution in [0.4, 0.5) is 13.2 Å². The van der Waals surface area contributed by atoms with Gasteiger partial charge in [-0.2, -0.15) is 13.2 Å². The Hall–Kier alpha value is -2.21. The maximum absolute atomic E-state index is 13.0. The van der Waals surface area contributed by atoms with Crippen LogP contribution in [0, 0.1) is 0 Å². The van der Waals surface area contributed by atoms with Crippen LogP contribution in [-0.2, 0) is 19.3 Å². The first kappa shape index (κ1) is 16.6. The molecule has 0 aliphatic carbocycles. The van der Waals surface area contributed by atoms with Gasteiger partial charge in [-0.25, -0.2) is 0 Å². The van der Waals surface area contributed by atoms with Crippen molar-refractivity contribution in [2.75, 3.05) is 13.2 Å². The third-order valence-corrected chi connectivity index (χ3v) is 3.78. The molecule has 3 rings (SSSR count). The van der Waals surface area contributed by atoms with E-state index in [2.05, 4.69) is 5.32 Å². The molecule has 1 N–H and O–H groups in total. The van der Waals surface area contributed by atoms with Gasteiger partial charge in [-0.05, 0) is 29.3 Å². The molecule has 1 aliphatic heterocycles. The Bertz CT molecular complexity index is 701. The van der Waals surface area contributed by atoms with Crippen molar-refractivity contribution in [3.63, 3.8) is 0 Å². The highest BCUT2D eigenvalue weighted by atomic mass is 19.4. The standard InChI is InChI=1S/C18H18F3NO2/c19-18(20,21)15-5-2-1-4-14(15)12-22-11-13-6-7-16-17(10-13)24-9-3-8-23-16/h1-2,4-7,10,22H,3,8-9,11-12H2. The molecule has 1 heterocycles. The first-order valence-corrected chi connectivity index (χ1v) is 7.78. The molecule has 128 valence electrons. The van der Waals surface area contributed by atoms with Crippen LogP contribution in [0.25, 0.3) is 0 Å². The van der Waals surface area contributed by atoms with Crippen molar-refractivity contribution in [1.29, 1.82) is 0 Å². The van der Waals surface area contributed by atoms with Crippen LogP contribution in [0.1, 0.15) is 23.1 Å². The summed E-state index contributed by atoms with van der Waals surface area (Å²) in [6.45, 7) is 1.81. The van der Waals surface area contributed by atoms with Crippen LogP contribution in [-0.4, -0.2) is 13.2 Å². The highest BCUT2D eigenvalue weighted by Gasteiger charge is 2.32. The molecule has 0 saturated heterocycles. The highest BCUT2D eigenvalue weighted by Crippen LogP contribution is 2.32. The molecule has 0 bridgehead atoms. The Morgan fingerprint density at radius 3 is 2.46 bits per heavy atom. The molecular weight excluding hydrogens is 319 g/mol. The van der Waals surface area contributed by atoms with Gasteiger partial charge in [0.05, 0.1) is 18.8 Å². The molecule has 0 aromatic heterocycles. The summed E-state index contributed by atoms with van der Waals surface area (Å²) in [5.41, 5.74) is 0.569. The zero-order chi connectivity index (χ0) is 17.0. The average molecular weight is 337 g/mol. The van der Waals surface area contributed by atoms with Gasteiger partial charge in [0.1, 0.15) is 0 Å².